The smallest absolute Gasteiger partial charge is 0.354 e. The lowest BCUT2D eigenvalue weighted by Gasteiger charge is -2.09. The summed E-state index contributed by atoms with van der Waals surface area (Å²) in [5, 5.41) is 13.9. The lowest BCUT2D eigenvalue weighted by molar-refractivity contribution is 0.0690. The zero-order chi connectivity index (χ0) is 15.7. The van der Waals surface area contributed by atoms with Gasteiger partial charge in [-0.1, -0.05) is 13.8 Å². The highest BCUT2D eigenvalue weighted by Gasteiger charge is 2.05. The molecule has 0 aliphatic rings. The van der Waals surface area contributed by atoms with Crippen LogP contribution in [0, 0.1) is 5.92 Å². The van der Waals surface area contributed by atoms with Gasteiger partial charge >= 0.3 is 12.0 Å². The molecule has 7 nitrogen and oxygen atoms in total. The standard InChI is InChI=1S/C14H21N3O4/c1-10(2)5-7-21-8-6-15-14(20)17-11-3-4-12(13(18)19)16-9-11/h3-4,9-10H,5-8H2,1-2H3,(H,18,19)(H2,15,17,20). The van der Waals surface area contributed by atoms with E-state index in [9.17, 15) is 9.59 Å². The van der Waals surface area contributed by atoms with Gasteiger partial charge in [0.05, 0.1) is 18.5 Å². The van der Waals surface area contributed by atoms with Crippen molar-refractivity contribution in [1.29, 1.82) is 0 Å². The van der Waals surface area contributed by atoms with Crippen molar-refractivity contribution in [3.63, 3.8) is 0 Å². The number of urea groups is 1. The molecule has 0 aliphatic heterocycles. The molecule has 0 radical (unpaired) electrons. The van der Waals surface area contributed by atoms with Crippen LogP contribution in [0.25, 0.3) is 0 Å². The lowest BCUT2D eigenvalue weighted by atomic mass is 10.1. The normalized spacial score (nSPS) is 10.4. The zero-order valence-corrected chi connectivity index (χ0v) is 12.3. The molecule has 1 aromatic heterocycles. The van der Waals surface area contributed by atoms with Crippen LogP contribution in [0.2, 0.25) is 0 Å². The van der Waals surface area contributed by atoms with Crippen molar-refractivity contribution in [3.8, 4) is 0 Å². The van der Waals surface area contributed by atoms with Gasteiger partial charge in [-0.2, -0.15) is 0 Å². The summed E-state index contributed by atoms with van der Waals surface area (Å²) in [5.74, 6) is -0.507. The summed E-state index contributed by atoms with van der Waals surface area (Å²) >= 11 is 0. The summed E-state index contributed by atoms with van der Waals surface area (Å²) < 4.78 is 5.37. The minimum absolute atomic E-state index is 0.0699. The number of ether oxygens (including phenoxy) is 1. The number of anilines is 1. The van der Waals surface area contributed by atoms with Crippen LogP contribution in [0.1, 0.15) is 30.8 Å². The summed E-state index contributed by atoms with van der Waals surface area (Å²) in [6.07, 6.45) is 2.29. The maximum absolute atomic E-state index is 11.6. The molecule has 0 saturated carbocycles. The molecule has 3 N–H and O–H groups in total. The van der Waals surface area contributed by atoms with E-state index in [2.05, 4.69) is 29.5 Å². The van der Waals surface area contributed by atoms with Gasteiger partial charge in [0.25, 0.3) is 0 Å². The predicted molar refractivity (Wildman–Crippen MR) is 78.5 cm³/mol. The van der Waals surface area contributed by atoms with Crippen LogP contribution in [0.3, 0.4) is 0 Å². The fourth-order valence-electron chi connectivity index (χ4n) is 1.43. The molecule has 0 aliphatic carbocycles. The van der Waals surface area contributed by atoms with E-state index >= 15 is 0 Å². The van der Waals surface area contributed by atoms with Crippen LogP contribution in [-0.2, 0) is 4.74 Å². The molecule has 0 aromatic carbocycles. The zero-order valence-electron chi connectivity index (χ0n) is 12.3. The molecule has 0 fully saturated rings. The number of carboxylic acid groups (broad SMARTS) is 1. The largest absolute Gasteiger partial charge is 0.477 e. The van der Waals surface area contributed by atoms with Crippen LogP contribution in [0.15, 0.2) is 18.3 Å². The van der Waals surface area contributed by atoms with Crippen molar-refractivity contribution in [2.24, 2.45) is 5.92 Å². The first-order valence-electron chi connectivity index (χ1n) is 6.81. The monoisotopic (exact) mass is 295 g/mol. The Morgan fingerprint density at radius 3 is 2.67 bits per heavy atom. The molecule has 1 heterocycles. The number of nitrogens with zero attached hydrogens (tertiary/aromatic N) is 1. The topological polar surface area (TPSA) is 101 Å². The second-order valence-corrected chi connectivity index (χ2v) is 4.91. The minimum Gasteiger partial charge on any atom is -0.477 e. The van der Waals surface area contributed by atoms with Gasteiger partial charge in [0.15, 0.2) is 0 Å². The van der Waals surface area contributed by atoms with Crippen molar-refractivity contribution < 1.29 is 19.4 Å². The molecule has 0 saturated heterocycles. The minimum atomic E-state index is -1.11. The number of pyridine rings is 1. The van der Waals surface area contributed by atoms with Crippen molar-refractivity contribution in [2.45, 2.75) is 20.3 Å². The Balaban J connectivity index is 2.20. The quantitative estimate of drug-likeness (QED) is 0.636. The third kappa shape index (κ3) is 7.26. The van der Waals surface area contributed by atoms with E-state index < -0.39 is 5.97 Å². The number of carboxylic acids is 1. The highest BCUT2D eigenvalue weighted by atomic mass is 16.5. The summed E-state index contributed by atoms with van der Waals surface area (Å²) in [7, 11) is 0. The van der Waals surface area contributed by atoms with Gasteiger partial charge in [-0.3, -0.25) is 0 Å². The number of rotatable bonds is 8. The molecule has 0 bridgehead atoms. The molecule has 0 unspecified atom stereocenters. The van der Waals surface area contributed by atoms with Crippen LogP contribution in [0.5, 0.6) is 0 Å². The number of aromatic carboxylic acids is 1. The molecule has 2 amide bonds. The van der Waals surface area contributed by atoms with Crippen molar-refractivity contribution in [2.75, 3.05) is 25.1 Å². The Bertz CT molecular complexity index is 460. The molecule has 21 heavy (non-hydrogen) atoms. The fraction of sp³-hybridized carbons (Fsp3) is 0.500. The third-order valence-corrected chi connectivity index (χ3v) is 2.61. The third-order valence-electron chi connectivity index (χ3n) is 2.61. The number of carbonyl (C=O) groups is 2. The average Bonchev–Trinajstić information content (AvgIpc) is 2.43. The molecule has 7 heteroatoms. The summed E-state index contributed by atoms with van der Waals surface area (Å²) in [6, 6.07) is 2.43. The van der Waals surface area contributed by atoms with E-state index in [4.69, 9.17) is 9.84 Å². The number of carbonyl (C=O) groups excluding carboxylic acids is 1. The number of hydrogen-bond acceptors (Lipinski definition) is 4. The molecule has 1 rings (SSSR count). The lowest BCUT2D eigenvalue weighted by Crippen LogP contribution is -2.31. The SMILES string of the molecule is CC(C)CCOCCNC(=O)Nc1ccc(C(=O)O)nc1. The number of amides is 2. The van der Waals surface area contributed by atoms with Crippen molar-refractivity contribution in [1.82, 2.24) is 10.3 Å². The molecular formula is C14H21N3O4. The predicted octanol–water partition coefficient (Wildman–Crippen LogP) is 1.96. The van der Waals surface area contributed by atoms with Gasteiger partial charge in [-0.15, -0.1) is 0 Å². The van der Waals surface area contributed by atoms with Crippen LogP contribution in [0.4, 0.5) is 10.5 Å². The Labute approximate surface area is 123 Å². The van der Waals surface area contributed by atoms with Gasteiger partial charge in [-0.25, -0.2) is 14.6 Å². The first kappa shape index (κ1) is 16.9. The molecule has 1 aromatic rings. The molecule has 0 spiro atoms. The van der Waals surface area contributed by atoms with Crippen LogP contribution >= 0.6 is 0 Å². The highest BCUT2D eigenvalue weighted by molar-refractivity contribution is 5.90. The van der Waals surface area contributed by atoms with Crippen molar-refractivity contribution >= 4 is 17.7 Å². The first-order valence-corrected chi connectivity index (χ1v) is 6.81. The van der Waals surface area contributed by atoms with E-state index in [0.717, 1.165) is 6.42 Å². The van der Waals surface area contributed by atoms with Gasteiger partial charge in [0.2, 0.25) is 0 Å². The van der Waals surface area contributed by atoms with E-state index in [0.29, 0.717) is 31.4 Å². The van der Waals surface area contributed by atoms with E-state index in [1.54, 1.807) is 0 Å². The number of aromatic nitrogens is 1. The van der Waals surface area contributed by atoms with Crippen LogP contribution < -0.4 is 10.6 Å². The highest BCUT2D eigenvalue weighted by Crippen LogP contribution is 2.05. The van der Waals surface area contributed by atoms with Gasteiger partial charge in [0.1, 0.15) is 5.69 Å². The van der Waals surface area contributed by atoms with Gasteiger partial charge in [-0.05, 0) is 24.5 Å². The summed E-state index contributed by atoms with van der Waals surface area (Å²) in [4.78, 5) is 25.9. The Kier molecular flexibility index (Phi) is 7.17. The second-order valence-electron chi connectivity index (χ2n) is 4.91. The van der Waals surface area contributed by atoms with Crippen molar-refractivity contribution in [3.05, 3.63) is 24.0 Å². The second kappa shape index (κ2) is 8.91. The summed E-state index contributed by atoms with van der Waals surface area (Å²) in [6.45, 7) is 5.79. The van der Waals surface area contributed by atoms with E-state index in [-0.39, 0.29) is 11.7 Å². The molecule has 0 atom stereocenters. The average molecular weight is 295 g/mol. The Morgan fingerprint density at radius 1 is 1.33 bits per heavy atom. The maximum atomic E-state index is 11.6. The summed E-state index contributed by atoms with van der Waals surface area (Å²) in [5.41, 5.74) is 0.359. The van der Waals surface area contributed by atoms with Gasteiger partial charge < -0.3 is 20.5 Å². The molecular weight excluding hydrogens is 274 g/mol. The number of hydrogen-bond donors (Lipinski definition) is 3. The fourth-order valence-corrected chi connectivity index (χ4v) is 1.43. The Morgan fingerprint density at radius 2 is 2.10 bits per heavy atom. The Hall–Kier alpha value is -2.15. The molecule has 116 valence electrons. The van der Waals surface area contributed by atoms with Gasteiger partial charge in [0, 0.05) is 13.2 Å². The van der Waals surface area contributed by atoms with Crippen LogP contribution in [-0.4, -0.2) is 41.8 Å². The van der Waals surface area contributed by atoms with E-state index in [1.807, 2.05) is 0 Å². The van der Waals surface area contributed by atoms with E-state index in [1.165, 1.54) is 18.3 Å². The first-order chi connectivity index (χ1) is 9.99. The maximum Gasteiger partial charge on any atom is 0.354 e. The number of nitrogens with one attached hydrogen (secondary N) is 2.